The molecule has 0 atom stereocenters. The van der Waals surface area contributed by atoms with Gasteiger partial charge < -0.3 is 0 Å². The molecule has 0 fully saturated rings. The maximum atomic E-state index is 13.7. The molecule has 0 amide bonds. The standard InChI is InChI=1S/C16H14ClFOS/c1-2-20-12-8-6-11(7-9-12)16(19)10-13-14(17)4-3-5-15(13)18/h3-9H,2,10H2,1H3. The number of ketones is 1. The first-order valence-corrected chi connectivity index (χ1v) is 7.67. The van der Waals surface area contributed by atoms with Gasteiger partial charge in [-0.15, -0.1) is 11.8 Å². The topological polar surface area (TPSA) is 17.1 Å². The molecule has 20 heavy (non-hydrogen) atoms. The molecule has 0 bridgehead atoms. The quantitative estimate of drug-likeness (QED) is 0.570. The van der Waals surface area contributed by atoms with Crippen LogP contribution in [0.3, 0.4) is 0 Å². The van der Waals surface area contributed by atoms with Crippen LogP contribution in [-0.4, -0.2) is 11.5 Å². The molecular formula is C16H14ClFOS. The van der Waals surface area contributed by atoms with Crippen molar-refractivity contribution in [1.29, 1.82) is 0 Å². The Morgan fingerprint density at radius 2 is 1.90 bits per heavy atom. The molecule has 0 aliphatic rings. The molecule has 0 saturated carbocycles. The predicted octanol–water partition coefficient (Wildman–Crippen LogP) is 5.02. The molecule has 1 nitrogen and oxygen atoms in total. The van der Waals surface area contributed by atoms with Crippen LogP contribution in [0.1, 0.15) is 22.8 Å². The lowest BCUT2D eigenvalue weighted by Gasteiger charge is -2.06. The number of hydrogen-bond acceptors (Lipinski definition) is 2. The third kappa shape index (κ3) is 3.62. The van der Waals surface area contributed by atoms with Crippen LogP contribution in [0.15, 0.2) is 47.4 Å². The Morgan fingerprint density at radius 3 is 2.50 bits per heavy atom. The van der Waals surface area contributed by atoms with Gasteiger partial charge in [0.25, 0.3) is 0 Å². The number of benzene rings is 2. The normalized spacial score (nSPS) is 10.6. The SMILES string of the molecule is CCSc1ccc(C(=O)Cc2c(F)cccc2Cl)cc1. The fraction of sp³-hybridized carbons (Fsp3) is 0.188. The number of thioether (sulfide) groups is 1. The highest BCUT2D eigenvalue weighted by atomic mass is 35.5. The lowest BCUT2D eigenvalue weighted by atomic mass is 10.0. The number of hydrogen-bond donors (Lipinski definition) is 0. The zero-order valence-corrected chi connectivity index (χ0v) is 12.6. The first kappa shape index (κ1) is 15.1. The summed E-state index contributed by atoms with van der Waals surface area (Å²) < 4.78 is 13.7. The molecule has 0 unspecified atom stereocenters. The van der Waals surface area contributed by atoms with Gasteiger partial charge in [0.05, 0.1) is 0 Å². The van der Waals surface area contributed by atoms with Crippen LogP contribution in [0.4, 0.5) is 4.39 Å². The zero-order valence-electron chi connectivity index (χ0n) is 11.0. The maximum absolute atomic E-state index is 13.7. The van der Waals surface area contributed by atoms with Crippen molar-refractivity contribution >= 4 is 29.1 Å². The van der Waals surface area contributed by atoms with E-state index in [4.69, 9.17) is 11.6 Å². The van der Waals surface area contributed by atoms with Crippen LogP contribution >= 0.6 is 23.4 Å². The van der Waals surface area contributed by atoms with Crippen molar-refractivity contribution in [3.8, 4) is 0 Å². The van der Waals surface area contributed by atoms with E-state index in [-0.39, 0.29) is 22.8 Å². The molecule has 0 radical (unpaired) electrons. The fourth-order valence-electron chi connectivity index (χ4n) is 1.87. The summed E-state index contributed by atoms with van der Waals surface area (Å²) in [6.45, 7) is 2.07. The minimum Gasteiger partial charge on any atom is -0.294 e. The van der Waals surface area contributed by atoms with Gasteiger partial charge in [0.15, 0.2) is 5.78 Å². The summed E-state index contributed by atoms with van der Waals surface area (Å²) in [4.78, 5) is 13.3. The molecule has 2 aromatic carbocycles. The third-order valence-electron chi connectivity index (χ3n) is 2.89. The van der Waals surface area contributed by atoms with E-state index in [1.165, 1.54) is 12.1 Å². The molecule has 2 aromatic rings. The highest BCUT2D eigenvalue weighted by molar-refractivity contribution is 7.99. The second-order valence-electron chi connectivity index (χ2n) is 4.26. The summed E-state index contributed by atoms with van der Waals surface area (Å²) in [5.41, 5.74) is 0.830. The number of rotatable bonds is 5. The van der Waals surface area contributed by atoms with Crippen LogP contribution in [0, 0.1) is 5.82 Å². The summed E-state index contributed by atoms with van der Waals surface area (Å²) in [6.07, 6.45) is -0.0220. The monoisotopic (exact) mass is 308 g/mol. The van der Waals surface area contributed by atoms with Gasteiger partial charge >= 0.3 is 0 Å². The Hall–Kier alpha value is -1.32. The maximum Gasteiger partial charge on any atom is 0.167 e. The molecule has 0 aliphatic carbocycles. The Morgan fingerprint density at radius 1 is 1.20 bits per heavy atom. The van der Waals surface area contributed by atoms with Crippen molar-refractivity contribution in [3.63, 3.8) is 0 Å². The van der Waals surface area contributed by atoms with Gasteiger partial charge in [0, 0.05) is 27.5 Å². The minimum absolute atomic E-state index is 0.0220. The number of carbonyl (C=O) groups excluding carboxylic acids is 1. The molecule has 2 rings (SSSR count). The molecule has 0 saturated heterocycles. The van der Waals surface area contributed by atoms with Crippen LogP contribution in [0.25, 0.3) is 0 Å². The van der Waals surface area contributed by atoms with E-state index in [0.717, 1.165) is 10.6 Å². The fourth-order valence-corrected chi connectivity index (χ4v) is 2.76. The molecular weight excluding hydrogens is 295 g/mol. The van der Waals surface area contributed by atoms with Crippen LogP contribution < -0.4 is 0 Å². The van der Waals surface area contributed by atoms with E-state index < -0.39 is 5.82 Å². The summed E-state index contributed by atoms with van der Waals surface area (Å²) in [6, 6.07) is 11.8. The van der Waals surface area contributed by atoms with Crippen molar-refractivity contribution in [1.82, 2.24) is 0 Å². The number of Topliss-reactive ketones (excluding diaryl/α,β-unsaturated/α-hetero) is 1. The van der Waals surface area contributed by atoms with Crippen LogP contribution in [-0.2, 0) is 6.42 Å². The second kappa shape index (κ2) is 6.91. The van der Waals surface area contributed by atoms with E-state index in [9.17, 15) is 9.18 Å². The van der Waals surface area contributed by atoms with Gasteiger partial charge in [-0.2, -0.15) is 0 Å². The molecule has 0 N–H and O–H groups in total. The summed E-state index contributed by atoms with van der Waals surface area (Å²) in [7, 11) is 0. The molecule has 0 heterocycles. The highest BCUT2D eigenvalue weighted by Gasteiger charge is 2.13. The van der Waals surface area contributed by atoms with Gasteiger partial charge in [0.2, 0.25) is 0 Å². The van der Waals surface area contributed by atoms with Crippen LogP contribution in [0.5, 0.6) is 0 Å². The van der Waals surface area contributed by atoms with E-state index >= 15 is 0 Å². The molecule has 104 valence electrons. The Bertz CT molecular complexity index is 590. The van der Waals surface area contributed by atoms with Crippen molar-refractivity contribution in [3.05, 3.63) is 64.4 Å². The summed E-state index contributed by atoms with van der Waals surface area (Å²) >= 11 is 7.64. The zero-order chi connectivity index (χ0) is 14.5. The highest BCUT2D eigenvalue weighted by Crippen LogP contribution is 2.22. The summed E-state index contributed by atoms with van der Waals surface area (Å²) in [5.74, 6) is 0.409. The largest absolute Gasteiger partial charge is 0.294 e. The van der Waals surface area contributed by atoms with Crippen molar-refractivity contribution in [2.75, 3.05) is 5.75 Å². The van der Waals surface area contributed by atoms with Crippen LogP contribution in [0.2, 0.25) is 5.02 Å². The lowest BCUT2D eigenvalue weighted by Crippen LogP contribution is -2.05. The number of carbonyl (C=O) groups is 1. The number of halogens is 2. The van der Waals surface area contributed by atoms with Crippen molar-refractivity contribution in [2.24, 2.45) is 0 Å². The average molecular weight is 309 g/mol. The second-order valence-corrected chi connectivity index (χ2v) is 6.00. The summed E-state index contributed by atoms with van der Waals surface area (Å²) in [5, 5.41) is 0.288. The van der Waals surface area contributed by atoms with Gasteiger partial charge in [-0.3, -0.25) is 4.79 Å². The van der Waals surface area contributed by atoms with Gasteiger partial charge in [-0.25, -0.2) is 4.39 Å². The van der Waals surface area contributed by atoms with Crippen molar-refractivity contribution < 1.29 is 9.18 Å². The third-order valence-corrected chi connectivity index (χ3v) is 4.13. The van der Waals surface area contributed by atoms with E-state index in [2.05, 4.69) is 6.92 Å². The molecule has 4 heteroatoms. The van der Waals surface area contributed by atoms with Crippen molar-refractivity contribution in [2.45, 2.75) is 18.2 Å². The predicted molar refractivity (Wildman–Crippen MR) is 82.3 cm³/mol. The van der Waals surface area contributed by atoms with E-state index in [1.54, 1.807) is 30.0 Å². The van der Waals surface area contributed by atoms with Gasteiger partial charge in [-0.05, 0) is 30.0 Å². The smallest absolute Gasteiger partial charge is 0.167 e. The lowest BCUT2D eigenvalue weighted by molar-refractivity contribution is 0.0992. The molecule has 0 spiro atoms. The van der Waals surface area contributed by atoms with Gasteiger partial charge in [-0.1, -0.05) is 36.7 Å². The average Bonchev–Trinajstić information content (AvgIpc) is 2.44. The minimum atomic E-state index is -0.441. The molecule has 0 aliphatic heterocycles. The Labute approximate surface area is 127 Å². The Balaban J connectivity index is 2.16. The first-order chi connectivity index (χ1) is 9.61. The molecule has 0 aromatic heterocycles. The first-order valence-electron chi connectivity index (χ1n) is 6.30. The Kier molecular flexibility index (Phi) is 5.21. The van der Waals surface area contributed by atoms with E-state index in [0.29, 0.717) is 5.56 Å². The van der Waals surface area contributed by atoms with Gasteiger partial charge in [0.1, 0.15) is 5.82 Å². The van der Waals surface area contributed by atoms with E-state index in [1.807, 2.05) is 12.1 Å².